The molecule has 6 heteroatoms. The summed E-state index contributed by atoms with van der Waals surface area (Å²) in [6.07, 6.45) is 1.24. The van der Waals surface area contributed by atoms with Crippen LogP contribution in [-0.4, -0.2) is 60.1 Å². The van der Waals surface area contributed by atoms with E-state index in [0.717, 1.165) is 19.5 Å². The van der Waals surface area contributed by atoms with Crippen molar-refractivity contribution < 1.29 is 14.3 Å². The first-order valence-corrected chi connectivity index (χ1v) is 7.74. The fourth-order valence-electron chi connectivity index (χ4n) is 2.97. The molecule has 0 bridgehead atoms. The Morgan fingerprint density at radius 3 is 2.62 bits per heavy atom. The van der Waals surface area contributed by atoms with Crippen molar-refractivity contribution in [2.75, 3.05) is 32.7 Å². The van der Waals surface area contributed by atoms with Crippen LogP contribution in [0.4, 0.5) is 4.79 Å². The Balaban J connectivity index is 1.80. The van der Waals surface area contributed by atoms with Crippen LogP contribution in [0.1, 0.15) is 33.6 Å². The molecule has 6 nitrogen and oxygen atoms in total. The van der Waals surface area contributed by atoms with Gasteiger partial charge in [-0.25, -0.2) is 4.79 Å². The van der Waals surface area contributed by atoms with Crippen LogP contribution >= 0.6 is 0 Å². The highest BCUT2D eigenvalue weighted by atomic mass is 16.6. The van der Waals surface area contributed by atoms with Gasteiger partial charge in [-0.3, -0.25) is 4.79 Å². The molecule has 0 spiro atoms. The number of ether oxygens (including phenoxy) is 1. The van der Waals surface area contributed by atoms with Crippen LogP contribution in [0.3, 0.4) is 0 Å². The van der Waals surface area contributed by atoms with Crippen LogP contribution in [0.2, 0.25) is 0 Å². The van der Waals surface area contributed by atoms with Crippen molar-refractivity contribution in [3.05, 3.63) is 0 Å². The van der Waals surface area contributed by atoms with Crippen molar-refractivity contribution in [1.29, 1.82) is 0 Å². The average Bonchev–Trinajstić information content (AvgIpc) is 2.95. The molecule has 2 heterocycles. The number of rotatable bonds is 3. The van der Waals surface area contributed by atoms with Gasteiger partial charge in [-0.2, -0.15) is 0 Å². The minimum absolute atomic E-state index is 0.196. The summed E-state index contributed by atoms with van der Waals surface area (Å²) < 4.78 is 5.39. The van der Waals surface area contributed by atoms with Crippen molar-refractivity contribution in [3.63, 3.8) is 0 Å². The second-order valence-corrected chi connectivity index (χ2v) is 7.19. The van der Waals surface area contributed by atoms with Gasteiger partial charge < -0.3 is 20.3 Å². The summed E-state index contributed by atoms with van der Waals surface area (Å²) in [4.78, 5) is 27.6. The Morgan fingerprint density at radius 2 is 2.05 bits per heavy atom. The number of hydrogen-bond acceptors (Lipinski definition) is 4. The van der Waals surface area contributed by atoms with Gasteiger partial charge in [-0.15, -0.1) is 0 Å². The Bertz CT molecular complexity index is 405. The van der Waals surface area contributed by atoms with Gasteiger partial charge in [0, 0.05) is 32.6 Å². The van der Waals surface area contributed by atoms with Crippen LogP contribution in [-0.2, 0) is 9.53 Å². The number of carbonyl (C=O) groups excluding carboxylic acids is 2. The highest BCUT2D eigenvalue weighted by Gasteiger charge is 2.34. The molecule has 1 unspecified atom stereocenters. The third-order valence-corrected chi connectivity index (χ3v) is 4.04. The number of nitrogens with two attached hydrogens (primary N) is 1. The number of likely N-dealkylation sites (tertiary alicyclic amines) is 2. The van der Waals surface area contributed by atoms with Crippen LogP contribution in [0.25, 0.3) is 0 Å². The zero-order valence-electron chi connectivity index (χ0n) is 13.3. The Kier molecular flexibility index (Phi) is 4.76. The zero-order valence-corrected chi connectivity index (χ0v) is 13.3. The van der Waals surface area contributed by atoms with E-state index in [-0.39, 0.29) is 12.0 Å². The second-order valence-electron chi connectivity index (χ2n) is 7.19. The van der Waals surface area contributed by atoms with Gasteiger partial charge in [0.15, 0.2) is 0 Å². The molecule has 120 valence electrons. The lowest BCUT2D eigenvalue weighted by Crippen LogP contribution is -2.37. The van der Waals surface area contributed by atoms with Crippen LogP contribution in [0.15, 0.2) is 0 Å². The predicted octanol–water partition coefficient (Wildman–Crippen LogP) is 1.05. The van der Waals surface area contributed by atoms with Gasteiger partial charge in [0.1, 0.15) is 5.60 Å². The molecule has 2 fully saturated rings. The van der Waals surface area contributed by atoms with E-state index in [2.05, 4.69) is 0 Å². The van der Waals surface area contributed by atoms with Crippen molar-refractivity contribution >= 4 is 12.0 Å². The van der Waals surface area contributed by atoms with Crippen LogP contribution in [0.5, 0.6) is 0 Å². The quantitative estimate of drug-likeness (QED) is 0.845. The van der Waals surface area contributed by atoms with E-state index in [0.29, 0.717) is 37.9 Å². The standard InChI is InChI=1S/C15H27N3O3/c1-15(2,3)21-14(20)17-5-4-11(8-17)9-18-10-12(7-16)6-13(18)19/h11-12H,4-10,16H2,1-3H3/t11-,12?/m1/s1. The molecule has 21 heavy (non-hydrogen) atoms. The third-order valence-electron chi connectivity index (χ3n) is 4.04. The Morgan fingerprint density at radius 1 is 1.33 bits per heavy atom. The maximum atomic E-state index is 12.0. The maximum Gasteiger partial charge on any atom is 0.410 e. The molecule has 0 saturated carbocycles. The van der Waals surface area contributed by atoms with Gasteiger partial charge >= 0.3 is 6.09 Å². The molecule has 2 saturated heterocycles. The van der Waals surface area contributed by atoms with E-state index in [1.807, 2.05) is 25.7 Å². The molecule has 0 aromatic rings. The van der Waals surface area contributed by atoms with Crippen molar-refractivity contribution in [1.82, 2.24) is 9.80 Å². The lowest BCUT2D eigenvalue weighted by molar-refractivity contribution is -0.128. The van der Waals surface area contributed by atoms with E-state index in [1.54, 1.807) is 4.90 Å². The molecule has 2 atom stereocenters. The number of amides is 2. The van der Waals surface area contributed by atoms with Crippen molar-refractivity contribution in [2.24, 2.45) is 17.6 Å². The summed E-state index contributed by atoms with van der Waals surface area (Å²) in [5.41, 5.74) is 5.17. The fourth-order valence-corrected chi connectivity index (χ4v) is 2.97. The topological polar surface area (TPSA) is 75.9 Å². The summed E-state index contributed by atoms with van der Waals surface area (Å²) >= 11 is 0. The molecule has 0 aromatic carbocycles. The minimum Gasteiger partial charge on any atom is -0.444 e. The molecule has 2 rings (SSSR count). The van der Waals surface area contributed by atoms with Crippen molar-refractivity contribution in [2.45, 2.75) is 39.2 Å². The zero-order chi connectivity index (χ0) is 15.6. The summed E-state index contributed by atoms with van der Waals surface area (Å²) in [5, 5.41) is 0. The van der Waals surface area contributed by atoms with Gasteiger partial charge in [-0.1, -0.05) is 0 Å². The predicted molar refractivity (Wildman–Crippen MR) is 79.7 cm³/mol. The van der Waals surface area contributed by atoms with E-state index < -0.39 is 5.60 Å². The fraction of sp³-hybridized carbons (Fsp3) is 0.867. The van der Waals surface area contributed by atoms with E-state index in [9.17, 15) is 9.59 Å². The third kappa shape index (κ3) is 4.33. The smallest absolute Gasteiger partial charge is 0.410 e. The van der Waals surface area contributed by atoms with Crippen molar-refractivity contribution in [3.8, 4) is 0 Å². The van der Waals surface area contributed by atoms with Crippen LogP contribution < -0.4 is 5.73 Å². The highest BCUT2D eigenvalue weighted by Crippen LogP contribution is 2.24. The van der Waals surface area contributed by atoms with Gasteiger partial charge in [-0.05, 0) is 45.6 Å². The molecule has 2 aliphatic heterocycles. The van der Waals surface area contributed by atoms with E-state index >= 15 is 0 Å². The molecule has 0 radical (unpaired) electrons. The number of carbonyl (C=O) groups is 2. The van der Waals surface area contributed by atoms with E-state index in [1.165, 1.54) is 0 Å². The summed E-state index contributed by atoms with van der Waals surface area (Å²) in [6.45, 7) is 9.05. The van der Waals surface area contributed by atoms with Crippen LogP contribution in [0, 0.1) is 11.8 Å². The molecule has 0 aromatic heterocycles. The molecular formula is C15H27N3O3. The minimum atomic E-state index is -0.464. The second kappa shape index (κ2) is 6.22. The first kappa shape index (κ1) is 16.1. The number of nitrogens with zero attached hydrogens (tertiary/aromatic N) is 2. The SMILES string of the molecule is CC(C)(C)OC(=O)N1CC[C@@H](CN2CC(CN)CC2=O)C1. The average molecular weight is 297 g/mol. The Labute approximate surface area is 126 Å². The molecular weight excluding hydrogens is 270 g/mol. The molecule has 2 N–H and O–H groups in total. The summed E-state index contributed by atoms with van der Waals surface area (Å²) in [5.74, 6) is 0.833. The normalized spacial score (nSPS) is 26.6. The summed E-state index contributed by atoms with van der Waals surface area (Å²) in [7, 11) is 0. The molecule has 2 aliphatic rings. The Hall–Kier alpha value is -1.30. The lowest BCUT2D eigenvalue weighted by atomic mass is 10.1. The van der Waals surface area contributed by atoms with E-state index in [4.69, 9.17) is 10.5 Å². The molecule has 2 amide bonds. The first-order valence-electron chi connectivity index (χ1n) is 7.74. The van der Waals surface area contributed by atoms with Gasteiger partial charge in [0.05, 0.1) is 0 Å². The first-order chi connectivity index (χ1) is 9.78. The largest absolute Gasteiger partial charge is 0.444 e. The molecule has 0 aliphatic carbocycles. The summed E-state index contributed by atoms with van der Waals surface area (Å²) in [6, 6.07) is 0. The monoisotopic (exact) mass is 297 g/mol. The highest BCUT2D eigenvalue weighted by molar-refractivity contribution is 5.78. The number of hydrogen-bond donors (Lipinski definition) is 1. The maximum absolute atomic E-state index is 12.0. The lowest BCUT2D eigenvalue weighted by Gasteiger charge is -2.25. The van der Waals surface area contributed by atoms with Gasteiger partial charge in [0.2, 0.25) is 5.91 Å². The van der Waals surface area contributed by atoms with Gasteiger partial charge in [0.25, 0.3) is 0 Å².